The highest BCUT2D eigenvalue weighted by Gasteiger charge is 2.15. The van der Waals surface area contributed by atoms with E-state index < -0.39 is 5.97 Å². The van der Waals surface area contributed by atoms with Gasteiger partial charge in [0, 0.05) is 47.2 Å². The van der Waals surface area contributed by atoms with Gasteiger partial charge < -0.3 is 15.0 Å². The molecule has 0 aromatic carbocycles. The second kappa shape index (κ2) is 8.91. The first kappa shape index (κ1) is 21.3. The number of amidine groups is 1. The molecule has 0 aliphatic carbocycles. The third-order valence-corrected chi connectivity index (χ3v) is 4.59. The number of anilines is 1. The van der Waals surface area contributed by atoms with Crippen LogP contribution in [0.5, 0.6) is 0 Å². The summed E-state index contributed by atoms with van der Waals surface area (Å²) < 4.78 is 3.52. The van der Waals surface area contributed by atoms with E-state index in [1.165, 1.54) is 4.68 Å². The first-order valence-electron chi connectivity index (χ1n) is 9.21. The standard InChI is InChI=1S/C20H22ClN7O2/c1-5-17(26-20(21)22-4)25-18-6-16-14(8-23-18)15(10-28(16)12(2)3)13-7-24-27(9-13)11-19(29)30/h5-10,12H,4,11H2,1-3H3,(H,23,25)(H,29,30)/b17-5-,26-20?. The average molecular weight is 428 g/mol. The number of carboxylic acid groups (broad SMARTS) is 1. The van der Waals surface area contributed by atoms with E-state index >= 15 is 0 Å². The van der Waals surface area contributed by atoms with Crippen molar-refractivity contribution in [2.75, 3.05) is 5.32 Å². The number of pyridine rings is 1. The van der Waals surface area contributed by atoms with Crippen LogP contribution >= 0.6 is 11.6 Å². The van der Waals surface area contributed by atoms with Gasteiger partial charge in [-0.05, 0) is 45.2 Å². The lowest BCUT2D eigenvalue weighted by Gasteiger charge is -2.10. The summed E-state index contributed by atoms with van der Waals surface area (Å²) in [5, 5.41) is 17.2. The minimum absolute atomic E-state index is 0.0305. The molecule has 3 aromatic heterocycles. The number of hydrogen-bond donors (Lipinski definition) is 2. The van der Waals surface area contributed by atoms with Crippen LogP contribution in [0.3, 0.4) is 0 Å². The van der Waals surface area contributed by atoms with Crippen LogP contribution in [-0.4, -0.2) is 42.4 Å². The van der Waals surface area contributed by atoms with Crippen LogP contribution in [0.25, 0.3) is 22.0 Å². The Morgan fingerprint density at radius 1 is 1.40 bits per heavy atom. The maximum absolute atomic E-state index is 10.9. The maximum Gasteiger partial charge on any atom is 0.325 e. The molecule has 0 radical (unpaired) electrons. The molecule has 9 nitrogen and oxygen atoms in total. The highest BCUT2D eigenvalue weighted by molar-refractivity contribution is 6.65. The van der Waals surface area contributed by atoms with Gasteiger partial charge in [0.1, 0.15) is 18.2 Å². The third kappa shape index (κ3) is 4.57. The van der Waals surface area contributed by atoms with Crippen molar-refractivity contribution in [2.45, 2.75) is 33.4 Å². The largest absolute Gasteiger partial charge is 0.480 e. The van der Waals surface area contributed by atoms with Gasteiger partial charge in [0.15, 0.2) is 0 Å². The van der Waals surface area contributed by atoms with E-state index in [9.17, 15) is 4.79 Å². The normalized spacial score (nSPS) is 12.6. The number of fused-ring (bicyclic) bond motifs is 1. The van der Waals surface area contributed by atoms with Crippen molar-refractivity contribution >= 4 is 46.3 Å². The van der Waals surface area contributed by atoms with Gasteiger partial charge in [-0.2, -0.15) is 5.10 Å². The van der Waals surface area contributed by atoms with Crippen LogP contribution in [0.15, 0.2) is 52.7 Å². The van der Waals surface area contributed by atoms with Crippen molar-refractivity contribution in [3.05, 3.63) is 42.8 Å². The van der Waals surface area contributed by atoms with Crippen LogP contribution in [0.2, 0.25) is 0 Å². The monoisotopic (exact) mass is 427 g/mol. The maximum atomic E-state index is 10.9. The van der Waals surface area contributed by atoms with Crippen molar-refractivity contribution in [2.24, 2.45) is 9.98 Å². The summed E-state index contributed by atoms with van der Waals surface area (Å²) in [5.74, 6) is 0.152. The molecule has 0 atom stereocenters. The summed E-state index contributed by atoms with van der Waals surface area (Å²) in [6.07, 6.45) is 8.92. The number of nitrogens with one attached hydrogen (secondary N) is 1. The van der Waals surface area contributed by atoms with Crippen LogP contribution in [0.1, 0.15) is 26.8 Å². The predicted molar refractivity (Wildman–Crippen MR) is 119 cm³/mol. The molecule has 0 spiro atoms. The zero-order chi connectivity index (χ0) is 21.8. The van der Waals surface area contributed by atoms with E-state index in [4.69, 9.17) is 16.7 Å². The van der Waals surface area contributed by atoms with Gasteiger partial charge in [-0.1, -0.05) is 0 Å². The number of carbonyl (C=O) groups is 1. The number of halogens is 1. The molecule has 0 unspecified atom stereocenters. The second-order valence-corrected chi connectivity index (χ2v) is 7.13. The van der Waals surface area contributed by atoms with Crippen LogP contribution < -0.4 is 5.32 Å². The van der Waals surface area contributed by atoms with Gasteiger partial charge >= 0.3 is 5.97 Å². The molecule has 0 saturated heterocycles. The van der Waals surface area contributed by atoms with Gasteiger partial charge in [-0.15, -0.1) is 0 Å². The molecule has 30 heavy (non-hydrogen) atoms. The molecule has 3 heterocycles. The van der Waals surface area contributed by atoms with Crippen LogP contribution in [-0.2, 0) is 11.3 Å². The summed E-state index contributed by atoms with van der Waals surface area (Å²) in [4.78, 5) is 23.1. The fraction of sp³-hybridized carbons (Fsp3) is 0.250. The summed E-state index contributed by atoms with van der Waals surface area (Å²) in [5.41, 5.74) is 2.72. The molecule has 0 amide bonds. The minimum Gasteiger partial charge on any atom is -0.480 e. The molecule has 3 aromatic rings. The molecule has 0 saturated carbocycles. The smallest absolute Gasteiger partial charge is 0.325 e. The van der Waals surface area contributed by atoms with Gasteiger partial charge in [0.2, 0.25) is 5.29 Å². The van der Waals surface area contributed by atoms with Gasteiger partial charge in [-0.3, -0.25) is 9.48 Å². The van der Waals surface area contributed by atoms with E-state index in [-0.39, 0.29) is 17.9 Å². The fourth-order valence-corrected chi connectivity index (χ4v) is 3.12. The number of allylic oxidation sites excluding steroid dienone is 1. The van der Waals surface area contributed by atoms with Crippen molar-refractivity contribution in [1.29, 1.82) is 0 Å². The first-order valence-corrected chi connectivity index (χ1v) is 9.59. The Balaban J connectivity index is 2.03. The van der Waals surface area contributed by atoms with Crippen LogP contribution in [0.4, 0.5) is 5.82 Å². The topological polar surface area (TPSA) is 110 Å². The molecule has 0 fully saturated rings. The lowest BCUT2D eigenvalue weighted by Crippen LogP contribution is -2.08. The van der Waals surface area contributed by atoms with E-state index in [0.717, 1.165) is 22.0 Å². The number of rotatable bonds is 7. The first-order chi connectivity index (χ1) is 14.3. The Morgan fingerprint density at radius 2 is 2.17 bits per heavy atom. The Hall–Kier alpha value is -3.46. The molecular weight excluding hydrogens is 406 g/mol. The number of nitrogens with zero attached hydrogens (tertiary/aromatic N) is 6. The zero-order valence-electron chi connectivity index (χ0n) is 16.9. The van der Waals surface area contributed by atoms with Crippen LogP contribution in [0, 0.1) is 0 Å². The molecule has 0 aliphatic rings. The Bertz CT molecular complexity index is 1160. The van der Waals surface area contributed by atoms with Gasteiger partial charge in [0.05, 0.1) is 11.7 Å². The van der Waals surface area contributed by atoms with Crippen molar-refractivity contribution in [3.8, 4) is 11.1 Å². The summed E-state index contributed by atoms with van der Waals surface area (Å²) in [6.45, 7) is 9.15. The Kier molecular flexibility index (Phi) is 6.31. The molecule has 10 heteroatoms. The summed E-state index contributed by atoms with van der Waals surface area (Å²) in [7, 11) is 0. The zero-order valence-corrected chi connectivity index (χ0v) is 17.6. The van der Waals surface area contributed by atoms with E-state index in [2.05, 4.69) is 50.5 Å². The van der Waals surface area contributed by atoms with Gasteiger partial charge in [-0.25, -0.2) is 15.0 Å². The lowest BCUT2D eigenvalue weighted by atomic mass is 10.1. The molecule has 0 aliphatic heterocycles. The summed E-state index contributed by atoms with van der Waals surface area (Å²) >= 11 is 5.84. The number of aliphatic imine (C=N–C) groups is 2. The minimum atomic E-state index is -0.944. The molecule has 2 N–H and O–H groups in total. The van der Waals surface area contributed by atoms with Gasteiger partial charge in [0.25, 0.3) is 0 Å². The molecule has 0 bridgehead atoms. The third-order valence-electron chi connectivity index (χ3n) is 4.39. The Morgan fingerprint density at radius 3 is 2.80 bits per heavy atom. The number of hydrogen-bond acceptors (Lipinski definition) is 5. The van der Waals surface area contributed by atoms with E-state index in [1.807, 2.05) is 19.2 Å². The fourth-order valence-electron chi connectivity index (χ4n) is 3.03. The number of aliphatic carboxylic acids is 1. The quantitative estimate of drug-likeness (QED) is 0.334. The number of carboxylic acids is 1. The Labute approximate surface area is 178 Å². The highest BCUT2D eigenvalue weighted by Crippen LogP contribution is 2.33. The predicted octanol–water partition coefficient (Wildman–Crippen LogP) is 4.13. The van der Waals surface area contributed by atoms with Crippen molar-refractivity contribution < 1.29 is 9.90 Å². The van der Waals surface area contributed by atoms with E-state index in [0.29, 0.717) is 11.6 Å². The average Bonchev–Trinajstić information content (AvgIpc) is 3.30. The lowest BCUT2D eigenvalue weighted by molar-refractivity contribution is -0.137. The van der Waals surface area contributed by atoms with Crippen molar-refractivity contribution in [3.63, 3.8) is 0 Å². The number of aromatic nitrogens is 4. The summed E-state index contributed by atoms with van der Waals surface area (Å²) in [6, 6.07) is 2.12. The molecule has 156 valence electrons. The highest BCUT2D eigenvalue weighted by atomic mass is 35.5. The SMILES string of the molecule is C=NC(Cl)=N/C(=C\C)Nc1cc2c(cn1)c(-c1cnn(CC(=O)O)c1)cn2C(C)C. The van der Waals surface area contributed by atoms with Crippen molar-refractivity contribution in [1.82, 2.24) is 19.3 Å². The molecule has 3 rings (SSSR count). The molecular formula is C20H22ClN7O2. The second-order valence-electron chi connectivity index (χ2n) is 6.79. The van der Waals surface area contributed by atoms with E-state index in [1.54, 1.807) is 24.7 Å².